The summed E-state index contributed by atoms with van der Waals surface area (Å²) in [7, 11) is 1.45. The molecule has 1 fully saturated rings. The molecule has 0 saturated carbocycles. The Kier molecular flexibility index (Phi) is 5.10. The molecule has 1 amide bonds. The largest absolute Gasteiger partial charge is 0.507 e. The first kappa shape index (κ1) is 20.4. The van der Waals surface area contributed by atoms with E-state index >= 15 is 0 Å². The number of methoxy groups -OCH3 is 1. The van der Waals surface area contributed by atoms with Crippen molar-refractivity contribution < 1.29 is 28.2 Å². The van der Waals surface area contributed by atoms with Gasteiger partial charge in [0.15, 0.2) is 0 Å². The number of aryl methyl sites for hydroxylation is 2. The van der Waals surface area contributed by atoms with Gasteiger partial charge in [-0.15, -0.1) is 0 Å². The Labute approximate surface area is 178 Å². The molecule has 0 bridgehead atoms. The fourth-order valence-corrected chi connectivity index (χ4v) is 3.72. The van der Waals surface area contributed by atoms with E-state index in [0.717, 1.165) is 5.56 Å². The van der Waals surface area contributed by atoms with Crippen LogP contribution >= 0.6 is 0 Å². The van der Waals surface area contributed by atoms with E-state index in [-0.39, 0.29) is 16.9 Å². The smallest absolute Gasteiger partial charge is 0.300 e. The van der Waals surface area contributed by atoms with E-state index in [4.69, 9.17) is 9.15 Å². The third kappa shape index (κ3) is 3.48. The summed E-state index contributed by atoms with van der Waals surface area (Å²) in [6, 6.07) is 12.7. The lowest BCUT2D eigenvalue weighted by Gasteiger charge is -2.23. The van der Waals surface area contributed by atoms with E-state index in [0.29, 0.717) is 23.0 Å². The predicted octanol–water partition coefficient (Wildman–Crippen LogP) is 4.67. The second-order valence-corrected chi connectivity index (χ2v) is 7.30. The zero-order chi connectivity index (χ0) is 22.3. The molecular formula is C24H20FNO5. The van der Waals surface area contributed by atoms with Gasteiger partial charge in [0.25, 0.3) is 11.7 Å². The van der Waals surface area contributed by atoms with E-state index in [1.54, 1.807) is 37.3 Å². The lowest BCUT2D eigenvalue weighted by atomic mass is 9.97. The number of nitrogens with zero attached hydrogens (tertiary/aromatic N) is 1. The number of ether oxygens (including phenoxy) is 1. The number of aliphatic hydroxyl groups excluding tert-OH is 1. The van der Waals surface area contributed by atoms with Gasteiger partial charge < -0.3 is 14.3 Å². The topological polar surface area (TPSA) is 80.0 Å². The van der Waals surface area contributed by atoms with Gasteiger partial charge in [-0.2, -0.15) is 0 Å². The molecule has 1 N–H and O–H groups in total. The van der Waals surface area contributed by atoms with Gasteiger partial charge in [-0.05, 0) is 62.4 Å². The van der Waals surface area contributed by atoms with Crippen molar-refractivity contribution in [2.45, 2.75) is 19.9 Å². The maximum atomic E-state index is 13.5. The second kappa shape index (κ2) is 7.75. The average molecular weight is 421 g/mol. The van der Waals surface area contributed by atoms with Crippen molar-refractivity contribution in [2.75, 3.05) is 12.0 Å². The maximum Gasteiger partial charge on any atom is 0.300 e. The van der Waals surface area contributed by atoms with Crippen LogP contribution in [0.25, 0.3) is 5.76 Å². The van der Waals surface area contributed by atoms with E-state index in [9.17, 15) is 19.1 Å². The van der Waals surface area contributed by atoms with Crippen molar-refractivity contribution in [3.8, 4) is 5.75 Å². The minimum Gasteiger partial charge on any atom is -0.507 e. The van der Waals surface area contributed by atoms with E-state index in [2.05, 4.69) is 0 Å². The van der Waals surface area contributed by atoms with E-state index in [1.807, 2.05) is 6.92 Å². The Balaban J connectivity index is 1.97. The molecule has 31 heavy (non-hydrogen) atoms. The van der Waals surface area contributed by atoms with Crippen molar-refractivity contribution in [1.29, 1.82) is 0 Å². The molecule has 3 aromatic rings. The molecular weight excluding hydrogens is 401 g/mol. The summed E-state index contributed by atoms with van der Waals surface area (Å²) in [5, 5.41) is 11.2. The Morgan fingerprint density at radius 2 is 1.77 bits per heavy atom. The maximum absolute atomic E-state index is 13.5. The van der Waals surface area contributed by atoms with Crippen LogP contribution in [0.2, 0.25) is 0 Å². The number of carbonyl (C=O) groups is 2. The molecule has 1 aliphatic heterocycles. The molecule has 4 rings (SSSR count). The number of Topliss-reactive ketones (excluding diaryl/α,β-unsaturated/α-hetero) is 1. The first-order valence-corrected chi connectivity index (χ1v) is 9.59. The molecule has 2 aromatic carbocycles. The molecule has 158 valence electrons. The number of hydrogen-bond donors (Lipinski definition) is 1. The van der Waals surface area contributed by atoms with Gasteiger partial charge in [0.2, 0.25) is 0 Å². The summed E-state index contributed by atoms with van der Waals surface area (Å²) >= 11 is 0. The number of furan rings is 1. The molecule has 0 radical (unpaired) electrons. The number of anilines is 1. The Bertz CT molecular complexity index is 1210. The zero-order valence-corrected chi connectivity index (χ0v) is 17.2. The van der Waals surface area contributed by atoms with Crippen LogP contribution in [-0.2, 0) is 9.59 Å². The van der Waals surface area contributed by atoms with Crippen LogP contribution < -0.4 is 9.64 Å². The van der Waals surface area contributed by atoms with Gasteiger partial charge in [-0.25, -0.2) is 4.39 Å². The first-order valence-electron chi connectivity index (χ1n) is 9.59. The monoisotopic (exact) mass is 421 g/mol. The third-order valence-electron chi connectivity index (χ3n) is 5.19. The average Bonchev–Trinajstić information content (AvgIpc) is 3.29. The first-order chi connectivity index (χ1) is 14.8. The van der Waals surface area contributed by atoms with Crippen molar-refractivity contribution in [3.05, 3.63) is 88.6 Å². The van der Waals surface area contributed by atoms with Crippen LogP contribution in [0.3, 0.4) is 0 Å². The minimum absolute atomic E-state index is 0.132. The summed E-state index contributed by atoms with van der Waals surface area (Å²) in [5.41, 5.74) is 1.29. The van der Waals surface area contributed by atoms with Crippen LogP contribution in [0, 0.1) is 19.7 Å². The molecule has 1 saturated heterocycles. The summed E-state index contributed by atoms with van der Waals surface area (Å²) in [6.45, 7) is 3.57. The molecule has 1 aliphatic rings. The van der Waals surface area contributed by atoms with E-state index in [1.165, 1.54) is 36.3 Å². The SMILES string of the molecule is COc1ccc(C)cc1/C(O)=C1\C(=O)C(=O)N(c2ccc(F)cc2)C1c1ccc(C)o1. The summed E-state index contributed by atoms with van der Waals surface area (Å²) < 4.78 is 24.5. The van der Waals surface area contributed by atoms with Gasteiger partial charge in [-0.3, -0.25) is 14.5 Å². The van der Waals surface area contributed by atoms with E-state index < -0.39 is 23.5 Å². The Hall–Kier alpha value is -3.87. The van der Waals surface area contributed by atoms with Crippen molar-refractivity contribution in [2.24, 2.45) is 0 Å². The van der Waals surface area contributed by atoms with Gasteiger partial charge in [0, 0.05) is 5.69 Å². The fourth-order valence-electron chi connectivity index (χ4n) is 3.72. The highest BCUT2D eigenvalue weighted by Gasteiger charge is 2.48. The number of carbonyl (C=O) groups excluding carboxylic acids is 2. The normalized spacial score (nSPS) is 17.9. The molecule has 6 nitrogen and oxygen atoms in total. The number of hydrogen-bond acceptors (Lipinski definition) is 5. The predicted molar refractivity (Wildman–Crippen MR) is 112 cm³/mol. The Morgan fingerprint density at radius 1 is 1.06 bits per heavy atom. The second-order valence-electron chi connectivity index (χ2n) is 7.30. The number of ketones is 1. The fraction of sp³-hybridized carbons (Fsp3) is 0.167. The zero-order valence-electron chi connectivity index (χ0n) is 17.2. The molecule has 2 heterocycles. The molecule has 7 heteroatoms. The number of aliphatic hydroxyl groups is 1. The van der Waals surface area contributed by atoms with Crippen LogP contribution in [0.15, 0.2) is 64.6 Å². The Morgan fingerprint density at radius 3 is 2.39 bits per heavy atom. The van der Waals surface area contributed by atoms with Crippen molar-refractivity contribution in [3.63, 3.8) is 0 Å². The molecule has 0 spiro atoms. The quantitative estimate of drug-likeness (QED) is 0.376. The molecule has 1 atom stereocenters. The van der Waals surface area contributed by atoms with Crippen LogP contribution in [0.4, 0.5) is 10.1 Å². The van der Waals surface area contributed by atoms with Crippen LogP contribution in [-0.4, -0.2) is 23.9 Å². The third-order valence-corrected chi connectivity index (χ3v) is 5.19. The van der Waals surface area contributed by atoms with Crippen molar-refractivity contribution in [1.82, 2.24) is 0 Å². The van der Waals surface area contributed by atoms with Crippen molar-refractivity contribution >= 4 is 23.1 Å². The summed E-state index contributed by atoms with van der Waals surface area (Å²) in [4.78, 5) is 27.3. The lowest BCUT2D eigenvalue weighted by Crippen LogP contribution is -2.29. The highest BCUT2D eigenvalue weighted by Crippen LogP contribution is 2.43. The number of amides is 1. The summed E-state index contributed by atoms with van der Waals surface area (Å²) in [5.74, 6) is -1.34. The number of benzene rings is 2. The van der Waals surface area contributed by atoms with Gasteiger partial charge >= 0.3 is 0 Å². The van der Waals surface area contributed by atoms with Crippen LogP contribution in [0.1, 0.15) is 28.7 Å². The number of halogens is 1. The molecule has 1 aromatic heterocycles. The minimum atomic E-state index is -1.02. The lowest BCUT2D eigenvalue weighted by molar-refractivity contribution is -0.132. The summed E-state index contributed by atoms with van der Waals surface area (Å²) in [6.07, 6.45) is 0. The van der Waals surface area contributed by atoms with Gasteiger partial charge in [0.1, 0.15) is 34.9 Å². The molecule has 0 aliphatic carbocycles. The van der Waals surface area contributed by atoms with Gasteiger partial charge in [-0.1, -0.05) is 11.6 Å². The standard InChI is InChI=1S/C24H20FNO5/c1-13-4-10-18(30-3)17(12-13)22(27)20-21(19-11-5-14(2)31-19)26(24(29)23(20)28)16-8-6-15(25)7-9-16/h4-12,21,27H,1-3H3/b22-20+. The van der Waals surface area contributed by atoms with Gasteiger partial charge in [0.05, 0.1) is 18.2 Å². The molecule has 1 unspecified atom stereocenters. The number of rotatable bonds is 4. The highest BCUT2D eigenvalue weighted by atomic mass is 19.1. The highest BCUT2D eigenvalue weighted by molar-refractivity contribution is 6.51. The van der Waals surface area contributed by atoms with Crippen LogP contribution in [0.5, 0.6) is 5.75 Å².